The number of hydrogen-bond donors (Lipinski definition) is 2. The first-order chi connectivity index (χ1) is 8.69. The summed E-state index contributed by atoms with van der Waals surface area (Å²) in [5, 5.41) is 3.94. The predicted molar refractivity (Wildman–Crippen MR) is 75.9 cm³/mol. The van der Waals surface area contributed by atoms with Gasteiger partial charge in [-0.25, -0.2) is 4.98 Å². The fourth-order valence-electron chi connectivity index (χ4n) is 1.77. The number of nitrogens with zero attached hydrogens (tertiary/aromatic N) is 1. The van der Waals surface area contributed by atoms with Gasteiger partial charge in [-0.3, -0.25) is 4.79 Å². The van der Waals surface area contributed by atoms with Gasteiger partial charge in [0.2, 0.25) is 5.91 Å². The molecule has 0 aliphatic heterocycles. The molecule has 0 unspecified atom stereocenters. The number of fused-ring (bicyclic) bond motifs is 1. The smallest absolute Gasteiger partial charge is 0.224 e. The molecule has 2 rings (SSSR count). The molecular formula is C13H17N3OS. The van der Waals surface area contributed by atoms with Gasteiger partial charge in [0.05, 0.1) is 15.2 Å². The van der Waals surface area contributed by atoms with Gasteiger partial charge in [0.1, 0.15) is 0 Å². The van der Waals surface area contributed by atoms with Crippen molar-refractivity contribution in [3.63, 3.8) is 0 Å². The van der Waals surface area contributed by atoms with E-state index in [0.717, 1.165) is 33.8 Å². The number of benzene rings is 1. The highest BCUT2D eigenvalue weighted by atomic mass is 32.1. The van der Waals surface area contributed by atoms with Crippen LogP contribution in [0.15, 0.2) is 18.2 Å². The van der Waals surface area contributed by atoms with E-state index in [4.69, 9.17) is 5.73 Å². The molecule has 1 amide bonds. The zero-order valence-electron chi connectivity index (χ0n) is 10.4. The van der Waals surface area contributed by atoms with Crippen LogP contribution in [0.4, 0.5) is 5.69 Å². The van der Waals surface area contributed by atoms with E-state index in [9.17, 15) is 4.79 Å². The Kier molecular flexibility index (Phi) is 4.28. The van der Waals surface area contributed by atoms with Gasteiger partial charge in [0, 0.05) is 12.1 Å². The number of unbranched alkanes of at least 4 members (excludes halogenated alkanes) is 1. The van der Waals surface area contributed by atoms with Gasteiger partial charge in [-0.15, -0.1) is 11.3 Å². The van der Waals surface area contributed by atoms with E-state index in [1.54, 1.807) is 11.3 Å². The molecule has 0 aliphatic rings. The Morgan fingerprint density at radius 1 is 1.44 bits per heavy atom. The molecule has 96 valence electrons. The normalized spacial score (nSPS) is 10.8. The minimum Gasteiger partial charge on any atom is -0.330 e. The first kappa shape index (κ1) is 13.0. The van der Waals surface area contributed by atoms with Crippen LogP contribution in [0.3, 0.4) is 0 Å². The second-order valence-corrected chi connectivity index (χ2v) is 5.44. The molecule has 0 fully saturated rings. The first-order valence-electron chi connectivity index (χ1n) is 6.06. The summed E-state index contributed by atoms with van der Waals surface area (Å²) in [6, 6.07) is 5.80. The van der Waals surface area contributed by atoms with E-state index in [-0.39, 0.29) is 5.91 Å². The molecule has 1 aromatic heterocycles. The van der Waals surface area contributed by atoms with Gasteiger partial charge < -0.3 is 11.1 Å². The summed E-state index contributed by atoms with van der Waals surface area (Å²) >= 11 is 1.64. The Labute approximate surface area is 110 Å². The van der Waals surface area contributed by atoms with Crippen LogP contribution < -0.4 is 11.1 Å². The number of rotatable bonds is 5. The first-order valence-corrected chi connectivity index (χ1v) is 6.88. The van der Waals surface area contributed by atoms with Gasteiger partial charge in [-0.05, 0) is 44.5 Å². The molecule has 0 aliphatic carbocycles. The van der Waals surface area contributed by atoms with Crippen LogP contribution in [0.5, 0.6) is 0 Å². The van der Waals surface area contributed by atoms with Crippen LogP contribution in [0.25, 0.3) is 10.2 Å². The van der Waals surface area contributed by atoms with E-state index in [1.807, 2.05) is 25.1 Å². The van der Waals surface area contributed by atoms with Crippen molar-refractivity contribution in [2.75, 3.05) is 11.9 Å². The average Bonchev–Trinajstić information content (AvgIpc) is 2.69. The largest absolute Gasteiger partial charge is 0.330 e. The number of aromatic nitrogens is 1. The number of anilines is 1. The maximum absolute atomic E-state index is 11.7. The van der Waals surface area contributed by atoms with Crippen LogP contribution in [0, 0.1) is 6.92 Å². The Morgan fingerprint density at radius 3 is 3.06 bits per heavy atom. The Morgan fingerprint density at radius 2 is 2.28 bits per heavy atom. The van der Waals surface area contributed by atoms with Crippen molar-refractivity contribution in [2.24, 2.45) is 5.73 Å². The number of nitrogens with two attached hydrogens (primary N) is 1. The molecule has 0 saturated heterocycles. The summed E-state index contributed by atoms with van der Waals surface area (Å²) in [4.78, 5) is 16.1. The lowest BCUT2D eigenvalue weighted by Gasteiger charge is -2.04. The maximum atomic E-state index is 11.7. The molecule has 18 heavy (non-hydrogen) atoms. The molecule has 1 aromatic carbocycles. The predicted octanol–water partition coefficient (Wildman–Crippen LogP) is 2.67. The summed E-state index contributed by atoms with van der Waals surface area (Å²) in [6.07, 6.45) is 2.25. The van der Waals surface area contributed by atoms with Crippen molar-refractivity contribution in [3.05, 3.63) is 23.2 Å². The number of aryl methyl sites for hydroxylation is 1. The van der Waals surface area contributed by atoms with Crippen LogP contribution in [-0.2, 0) is 4.79 Å². The molecule has 0 spiro atoms. The number of carbonyl (C=O) groups is 1. The number of thiazole rings is 1. The molecule has 0 bridgehead atoms. The van der Waals surface area contributed by atoms with Gasteiger partial charge >= 0.3 is 0 Å². The Bertz CT molecular complexity index is 550. The molecule has 0 radical (unpaired) electrons. The minimum atomic E-state index is 0.0454. The standard InChI is InChI=1S/C13H17N3OS/c1-9-15-11-6-5-10(8-12(11)18-9)16-13(17)4-2-3-7-14/h5-6,8H,2-4,7,14H2,1H3,(H,16,17). The second-order valence-electron chi connectivity index (χ2n) is 4.21. The molecule has 0 saturated carbocycles. The van der Waals surface area contributed by atoms with Crippen molar-refractivity contribution < 1.29 is 4.79 Å². The maximum Gasteiger partial charge on any atom is 0.224 e. The molecule has 0 atom stereocenters. The van der Waals surface area contributed by atoms with Gasteiger partial charge in [-0.1, -0.05) is 0 Å². The highest BCUT2D eigenvalue weighted by Gasteiger charge is 2.05. The number of hydrogen-bond acceptors (Lipinski definition) is 4. The zero-order valence-corrected chi connectivity index (χ0v) is 11.2. The Balaban J connectivity index is 2.00. The molecule has 3 N–H and O–H groups in total. The summed E-state index contributed by atoms with van der Waals surface area (Å²) in [5.41, 5.74) is 7.22. The van der Waals surface area contributed by atoms with Gasteiger partial charge in [0.15, 0.2) is 0 Å². The number of nitrogens with one attached hydrogen (secondary N) is 1. The van der Waals surface area contributed by atoms with Crippen LogP contribution in [0.2, 0.25) is 0 Å². The lowest BCUT2D eigenvalue weighted by Crippen LogP contribution is -2.11. The van der Waals surface area contributed by atoms with E-state index < -0.39 is 0 Å². The van der Waals surface area contributed by atoms with Crippen molar-refractivity contribution in [3.8, 4) is 0 Å². The van der Waals surface area contributed by atoms with E-state index in [0.29, 0.717) is 13.0 Å². The minimum absolute atomic E-state index is 0.0454. The summed E-state index contributed by atoms with van der Waals surface area (Å²) < 4.78 is 1.10. The number of amides is 1. The molecular weight excluding hydrogens is 246 g/mol. The van der Waals surface area contributed by atoms with Crippen LogP contribution >= 0.6 is 11.3 Å². The summed E-state index contributed by atoms with van der Waals surface area (Å²) in [7, 11) is 0. The van der Waals surface area contributed by atoms with Crippen molar-refractivity contribution in [1.29, 1.82) is 0 Å². The van der Waals surface area contributed by atoms with Crippen LogP contribution in [0.1, 0.15) is 24.3 Å². The van der Waals surface area contributed by atoms with E-state index in [2.05, 4.69) is 10.3 Å². The van der Waals surface area contributed by atoms with Crippen molar-refractivity contribution >= 4 is 33.1 Å². The second kappa shape index (κ2) is 5.93. The monoisotopic (exact) mass is 263 g/mol. The molecule has 2 aromatic rings. The third kappa shape index (κ3) is 3.27. The average molecular weight is 263 g/mol. The highest BCUT2D eigenvalue weighted by molar-refractivity contribution is 7.18. The lowest BCUT2D eigenvalue weighted by molar-refractivity contribution is -0.116. The Hall–Kier alpha value is -1.46. The van der Waals surface area contributed by atoms with E-state index >= 15 is 0 Å². The molecule has 5 heteroatoms. The topological polar surface area (TPSA) is 68.0 Å². The quantitative estimate of drug-likeness (QED) is 0.815. The SMILES string of the molecule is Cc1nc2ccc(NC(=O)CCCCN)cc2s1. The third-order valence-electron chi connectivity index (χ3n) is 2.64. The van der Waals surface area contributed by atoms with Crippen molar-refractivity contribution in [1.82, 2.24) is 4.98 Å². The van der Waals surface area contributed by atoms with Crippen LogP contribution in [-0.4, -0.2) is 17.4 Å². The lowest BCUT2D eigenvalue weighted by atomic mass is 10.2. The summed E-state index contributed by atoms with van der Waals surface area (Å²) in [6.45, 7) is 2.62. The zero-order chi connectivity index (χ0) is 13.0. The van der Waals surface area contributed by atoms with Gasteiger partial charge in [0.25, 0.3) is 0 Å². The fraction of sp³-hybridized carbons (Fsp3) is 0.385. The summed E-state index contributed by atoms with van der Waals surface area (Å²) in [5.74, 6) is 0.0454. The van der Waals surface area contributed by atoms with E-state index in [1.165, 1.54) is 0 Å². The fourth-order valence-corrected chi connectivity index (χ4v) is 2.64. The van der Waals surface area contributed by atoms with Gasteiger partial charge in [-0.2, -0.15) is 0 Å². The molecule has 4 nitrogen and oxygen atoms in total. The van der Waals surface area contributed by atoms with Crippen molar-refractivity contribution in [2.45, 2.75) is 26.2 Å². The highest BCUT2D eigenvalue weighted by Crippen LogP contribution is 2.24. The molecule has 1 heterocycles. The third-order valence-corrected chi connectivity index (χ3v) is 3.57. The number of carbonyl (C=O) groups excluding carboxylic acids is 1.